The van der Waals surface area contributed by atoms with E-state index >= 15 is 0 Å². The van der Waals surface area contributed by atoms with Gasteiger partial charge in [0.05, 0.1) is 5.69 Å². The Labute approximate surface area is 115 Å². The topological polar surface area (TPSA) is 83.9 Å². The highest BCUT2D eigenvalue weighted by Gasteiger charge is 2.34. The molecule has 2 rings (SSSR count). The lowest BCUT2D eigenvalue weighted by atomic mass is 10.2. The van der Waals surface area contributed by atoms with Crippen LogP contribution in [0.2, 0.25) is 0 Å². The number of amides is 2. The number of carbonyl (C=O) groups is 3. The molecule has 6 nitrogen and oxygen atoms in total. The fraction of sp³-hybridized carbons (Fsp3) is 0.214. The normalized spacial score (nSPS) is 15.0. The predicted molar refractivity (Wildman–Crippen MR) is 70.4 cm³/mol. The Kier molecular flexibility index (Phi) is 3.56. The zero-order valence-electron chi connectivity index (χ0n) is 11.0. The van der Waals surface area contributed by atoms with E-state index in [1.807, 2.05) is 0 Å². The van der Waals surface area contributed by atoms with Crippen molar-refractivity contribution < 1.29 is 24.2 Å². The first-order chi connectivity index (χ1) is 9.41. The summed E-state index contributed by atoms with van der Waals surface area (Å²) < 4.78 is 5.03. The summed E-state index contributed by atoms with van der Waals surface area (Å²) in [5.74, 6) is -1.56. The van der Waals surface area contributed by atoms with Crippen LogP contribution in [0.5, 0.6) is 5.75 Å². The molecule has 0 atom stereocenters. The lowest BCUT2D eigenvalue weighted by Gasteiger charge is -2.15. The molecule has 0 aliphatic carbocycles. The number of nitrogens with zero attached hydrogens (tertiary/aromatic N) is 1. The Morgan fingerprint density at radius 1 is 1.20 bits per heavy atom. The molecule has 0 spiro atoms. The molecule has 0 radical (unpaired) electrons. The Morgan fingerprint density at radius 3 is 2.35 bits per heavy atom. The van der Waals surface area contributed by atoms with E-state index in [2.05, 4.69) is 0 Å². The lowest BCUT2D eigenvalue weighted by molar-refractivity contribution is -0.139. The maximum absolute atomic E-state index is 12.0. The predicted octanol–water partition coefficient (Wildman–Crippen LogP) is 1.36. The van der Waals surface area contributed by atoms with E-state index in [-0.39, 0.29) is 17.6 Å². The average molecular weight is 275 g/mol. The average Bonchev–Trinajstić information content (AvgIpc) is 2.61. The Morgan fingerprint density at radius 2 is 1.80 bits per heavy atom. The molecule has 0 fully saturated rings. The number of carboxylic acids is 1. The van der Waals surface area contributed by atoms with Gasteiger partial charge in [0.1, 0.15) is 5.75 Å². The minimum absolute atomic E-state index is 0.285. The monoisotopic (exact) mass is 275 g/mol. The molecule has 0 saturated heterocycles. The van der Waals surface area contributed by atoms with Gasteiger partial charge in [0, 0.05) is 17.2 Å². The standard InChI is InChI=1S/C14H13NO5/c1-8-9(2)14(19)15(13(8)18)10-4-3-5-11(6-10)20-7-12(16)17/h3-6H,7H2,1-2H3,(H,16,17). The highest BCUT2D eigenvalue weighted by molar-refractivity contribution is 6.32. The molecule has 1 aromatic carbocycles. The van der Waals surface area contributed by atoms with Crippen molar-refractivity contribution in [1.29, 1.82) is 0 Å². The van der Waals surface area contributed by atoms with Gasteiger partial charge in [-0.15, -0.1) is 0 Å². The minimum atomic E-state index is -1.10. The number of hydrogen-bond acceptors (Lipinski definition) is 4. The molecule has 20 heavy (non-hydrogen) atoms. The summed E-state index contributed by atoms with van der Waals surface area (Å²) in [6, 6.07) is 6.21. The van der Waals surface area contributed by atoms with Gasteiger partial charge in [0.2, 0.25) is 0 Å². The van der Waals surface area contributed by atoms with Gasteiger partial charge in [-0.2, -0.15) is 0 Å². The highest BCUT2D eigenvalue weighted by atomic mass is 16.5. The second-order valence-electron chi connectivity index (χ2n) is 4.38. The lowest BCUT2D eigenvalue weighted by Crippen LogP contribution is -2.31. The van der Waals surface area contributed by atoms with Crippen LogP contribution in [0.3, 0.4) is 0 Å². The molecule has 1 aliphatic rings. The van der Waals surface area contributed by atoms with E-state index in [1.165, 1.54) is 6.07 Å². The molecule has 2 amide bonds. The van der Waals surface area contributed by atoms with Crippen LogP contribution in [0.15, 0.2) is 35.4 Å². The minimum Gasteiger partial charge on any atom is -0.482 e. The van der Waals surface area contributed by atoms with Gasteiger partial charge in [-0.3, -0.25) is 9.59 Å². The van der Waals surface area contributed by atoms with Gasteiger partial charge < -0.3 is 9.84 Å². The van der Waals surface area contributed by atoms with Crippen molar-refractivity contribution in [2.75, 3.05) is 11.5 Å². The molecule has 104 valence electrons. The van der Waals surface area contributed by atoms with Gasteiger partial charge in [-0.25, -0.2) is 9.69 Å². The maximum atomic E-state index is 12.0. The fourth-order valence-corrected chi connectivity index (χ4v) is 1.84. The molecule has 0 saturated carbocycles. The van der Waals surface area contributed by atoms with Crippen molar-refractivity contribution in [3.63, 3.8) is 0 Å². The Balaban J connectivity index is 2.27. The van der Waals surface area contributed by atoms with E-state index in [1.54, 1.807) is 32.0 Å². The van der Waals surface area contributed by atoms with Crippen LogP contribution in [-0.2, 0) is 14.4 Å². The van der Waals surface area contributed by atoms with Crippen molar-refractivity contribution in [2.45, 2.75) is 13.8 Å². The van der Waals surface area contributed by atoms with Crippen LogP contribution in [0, 0.1) is 0 Å². The molecular weight excluding hydrogens is 262 g/mol. The number of carbonyl (C=O) groups excluding carboxylic acids is 2. The number of hydrogen-bond donors (Lipinski definition) is 1. The largest absolute Gasteiger partial charge is 0.482 e. The molecule has 1 aliphatic heterocycles. The van der Waals surface area contributed by atoms with Crippen molar-refractivity contribution >= 4 is 23.5 Å². The molecule has 0 aromatic heterocycles. The van der Waals surface area contributed by atoms with Crippen LogP contribution in [0.4, 0.5) is 5.69 Å². The fourth-order valence-electron chi connectivity index (χ4n) is 1.84. The summed E-state index contributed by atoms with van der Waals surface area (Å²) in [6.07, 6.45) is 0. The third kappa shape index (κ3) is 2.40. The van der Waals surface area contributed by atoms with Gasteiger partial charge in [0.15, 0.2) is 6.61 Å². The molecule has 0 unspecified atom stereocenters. The summed E-state index contributed by atoms with van der Waals surface area (Å²) in [6.45, 7) is 2.71. The number of anilines is 1. The molecule has 1 aromatic rings. The number of carboxylic acid groups (broad SMARTS) is 1. The van der Waals surface area contributed by atoms with Crippen LogP contribution >= 0.6 is 0 Å². The van der Waals surface area contributed by atoms with Crippen LogP contribution in [0.1, 0.15) is 13.8 Å². The van der Waals surface area contributed by atoms with Gasteiger partial charge in [-0.05, 0) is 26.0 Å². The number of rotatable bonds is 4. The van der Waals surface area contributed by atoms with Crippen molar-refractivity contribution in [1.82, 2.24) is 0 Å². The van der Waals surface area contributed by atoms with Crippen LogP contribution in [-0.4, -0.2) is 29.5 Å². The molecule has 1 heterocycles. The van der Waals surface area contributed by atoms with Crippen molar-refractivity contribution in [3.05, 3.63) is 35.4 Å². The van der Waals surface area contributed by atoms with E-state index < -0.39 is 12.6 Å². The van der Waals surface area contributed by atoms with Crippen LogP contribution in [0.25, 0.3) is 0 Å². The Bertz CT molecular complexity index is 608. The SMILES string of the molecule is CC1=C(C)C(=O)N(c2cccc(OCC(=O)O)c2)C1=O. The summed E-state index contributed by atoms with van der Waals surface area (Å²) in [7, 11) is 0. The van der Waals surface area contributed by atoms with E-state index in [0.717, 1.165) is 4.90 Å². The summed E-state index contributed by atoms with van der Waals surface area (Å²) in [4.78, 5) is 35.5. The second-order valence-corrected chi connectivity index (χ2v) is 4.38. The van der Waals surface area contributed by atoms with Crippen LogP contribution < -0.4 is 9.64 Å². The number of ether oxygens (including phenoxy) is 1. The number of aliphatic carboxylic acids is 1. The van der Waals surface area contributed by atoms with E-state index in [9.17, 15) is 14.4 Å². The number of benzene rings is 1. The van der Waals surface area contributed by atoms with Crippen molar-refractivity contribution in [3.8, 4) is 5.75 Å². The van der Waals surface area contributed by atoms with E-state index in [4.69, 9.17) is 9.84 Å². The maximum Gasteiger partial charge on any atom is 0.341 e. The summed E-state index contributed by atoms with van der Waals surface area (Å²) >= 11 is 0. The highest BCUT2D eigenvalue weighted by Crippen LogP contribution is 2.28. The third-order valence-electron chi connectivity index (χ3n) is 3.05. The molecule has 0 bridgehead atoms. The quantitative estimate of drug-likeness (QED) is 0.839. The zero-order chi connectivity index (χ0) is 14.9. The van der Waals surface area contributed by atoms with Gasteiger partial charge in [0.25, 0.3) is 11.8 Å². The summed E-state index contributed by atoms with van der Waals surface area (Å²) in [5, 5.41) is 8.56. The first kappa shape index (κ1) is 13.8. The molecule has 6 heteroatoms. The second kappa shape index (κ2) is 5.16. The summed E-state index contributed by atoms with van der Waals surface area (Å²) in [5.41, 5.74) is 1.18. The zero-order valence-corrected chi connectivity index (χ0v) is 11.0. The smallest absolute Gasteiger partial charge is 0.341 e. The molecular formula is C14H13NO5. The number of imide groups is 1. The third-order valence-corrected chi connectivity index (χ3v) is 3.05. The van der Waals surface area contributed by atoms with Gasteiger partial charge >= 0.3 is 5.97 Å². The van der Waals surface area contributed by atoms with E-state index in [0.29, 0.717) is 16.8 Å². The first-order valence-electron chi connectivity index (χ1n) is 5.92. The first-order valence-corrected chi connectivity index (χ1v) is 5.92. The van der Waals surface area contributed by atoms with Crippen molar-refractivity contribution in [2.24, 2.45) is 0 Å². The van der Waals surface area contributed by atoms with Gasteiger partial charge in [-0.1, -0.05) is 6.07 Å². The molecule has 1 N–H and O–H groups in total. The Hall–Kier alpha value is -2.63.